The maximum Gasteiger partial charge on any atom is 0.204 e. The van der Waals surface area contributed by atoms with Crippen molar-refractivity contribution < 1.29 is 0 Å². The van der Waals surface area contributed by atoms with E-state index in [1.165, 1.54) is 0 Å². The molecule has 0 unspecified atom stereocenters. The fourth-order valence-electron chi connectivity index (χ4n) is 5.04. The third-order valence-electron chi connectivity index (χ3n) is 6.66. The fraction of sp³-hybridized carbons (Fsp3) is 0.0625. The molecule has 0 spiro atoms. The minimum absolute atomic E-state index is 0.566. The van der Waals surface area contributed by atoms with Gasteiger partial charge in [0.25, 0.3) is 0 Å². The van der Waals surface area contributed by atoms with E-state index in [-0.39, 0.29) is 0 Å². The van der Waals surface area contributed by atoms with Crippen LogP contribution in [0.3, 0.4) is 0 Å². The SMILES string of the molecule is c1ccc(C(c2ccccc2)(c2ccccc2)n2ccnc2NCc2ccc3ccccc3n2)cc1. The quantitative estimate of drug-likeness (QED) is 0.261. The summed E-state index contributed by atoms with van der Waals surface area (Å²) in [6, 6.07) is 44.3. The average Bonchev–Trinajstić information content (AvgIpc) is 3.43. The molecule has 0 radical (unpaired) electrons. The van der Waals surface area contributed by atoms with Crippen LogP contribution >= 0.6 is 0 Å². The molecule has 0 bridgehead atoms. The van der Waals surface area contributed by atoms with Crippen molar-refractivity contribution in [1.29, 1.82) is 0 Å². The summed E-state index contributed by atoms with van der Waals surface area (Å²) in [5, 5.41) is 4.72. The number of hydrogen-bond acceptors (Lipinski definition) is 3. The zero-order valence-corrected chi connectivity index (χ0v) is 19.8. The summed E-state index contributed by atoms with van der Waals surface area (Å²) in [6.07, 6.45) is 3.92. The highest BCUT2D eigenvalue weighted by atomic mass is 15.2. The van der Waals surface area contributed by atoms with Crippen LogP contribution in [0.1, 0.15) is 22.4 Å². The molecule has 0 saturated heterocycles. The maximum atomic E-state index is 4.84. The summed E-state index contributed by atoms with van der Waals surface area (Å²) < 4.78 is 2.24. The van der Waals surface area contributed by atoms with Crippen molar-refractivity contribution >= 4 is 16.9 Å². The van der Waals surface area contributed by atoms with E-state index in [0.29, 0.717) is 6.54 Å². The first-order chi connectivity index (χ1) is 17.9. The molecule has 0 aliphatic rings. The highest BCUT2D eigenvalue weighted by Crippen LogP contribution is 2.42. The summed E-state index contributed by atoms with van der Waals surface area (Å²) in [5.74, 6) is 0.779. The second-order valence-electron chi connectivity index (χ2n) is 8.78. The molecule has 2 heterocycles. The standard InChI is InChI=1S/C32H26N4/c1-4-13-26(14-5-1)32(27-15-6-2-7-16-27,28-17-8-3-9-18-28)36-23-22-33-31(36)34-24-29-21-20-25-12-10-11-19-30(25)35-29/h1-23H,24H2,(H,33,34). The fourth-order valence-corrected chi connectivity index (χ4v) is 5.04. The Bertz CT molecular complexity index is 1480. The van der Waals surface area contributed by atoms with E-state index in [2.05, 4.69) is 125 Å². The van der Waals surface area contributed by atoms with Crippen LogP contribution in [0.2, 0.25) is 0 Å². The van der Waals surface area contributed by atoms with Crippen molar-refractivity contribution in [1.82, 2.24) is 14.5 Å². The largest absolute Gasteiger partial charge is 0.350 e. The van der Waals surface area contributed by atoms with Gasteiger partial charge in [-0.1, -0.05) is 115 Å². The number of fused-ring (bicyclic) bond motifs is 1. The van der Waals surface area contributed by atoms with Gasteiger partial charge in [-0.15, -0.1) is 0 Å². The summed E-state index contributed by atoms with van der Waals surface area (Å²) in [4.78, 5) is 9.60. The number of aromatic nitrogens is 3. The van der Waals surface area contributed by atoms with E-state index >= 15 is 0 Å². The molecule has 6 aromatic rings. The predicted octanol–water partition coefficient (Wildman–Crippen LogP) is 6.88. The molecule has 2 aromatic heterocycles. The molecule has 0 saturated carbocycles. The molecule has 1 N–H and O–H groups in total. The Labute approximate surface area is 210 Å². The molecule has 4 aromatic carbocycles. The Hall–Kier alpha value is -4.70. The van der Waals surface area contributed by atoms with Crippen molar-refractivity contribution in [2.45, 2.75) is 12.1 Å². The van der Waals surface area contributed by atoms with Crippen molar-refractivity contribution in [2.24, 2.45) is 0 Å². The predicted molar refractivity (Wildman–Crippen MR) is 146 cm³/mol. The van der Waals surface area contributed by atoms with Crippen LogP contribution in [-0.4, -0.2) is 14.5 Å². The number of nitrogens with one attached hydrogen (secondary N) is 1. The number of anilines is 1. The Morgan fingerprint density at radius 3 is 1.78 bits per heavy atom. The smallest absolute Gasteiger partial charge is 0.204 e. The highest BCUT2D eigenvalue weighted by molar-refractivity contribution is 5.78. The molecular weight excluding hydrogens is 440 g/mol. The van der Waals surface area contributed by atoms with Gasteiger partial charge in [-0.2, -0.15) is 0 Å². The molecule has 0 aliphatic heterocycles. The lowest BCUT2D eigenvalue weighted by Crippen LogP contribution is -2.38. The highest BCUT2D eigenvalue weighted by Gasteiger charge is 2.39. The van der Waals surface area contributed by atoms with Gasteiger partial charge in [-0.25, -0.2) is 4.98 Å². The second kappa shape index (κ2) is 9.51. The minimum atomic E-state index is -0.612. The topological polar surface area (TPSA) is 42.7 Å². The molecule has 36 heavy (non-hydrogen) atoms. The lowest BCUT2D eigenvalue weighted by atomic mass is 9.76. The zero-order chi connectivity index (χ0) is 24.2. The summed E-state index contributed by atoms with van der Waals surface area (Å²) in [5.41, 5.74) is 4.83. The number of hydrogen-bond donors (Lipinski definition) is 1. The summed E-state index contributed by atoms with van der Waals surface area (Å²) >= 11 is 0. The third kappa shape index (κ3) is 3.83. The minimum Gasteiger partial charge on any atom is -0.350 e. The van der Waals surface area contributed by atoms with E-state index in [1.807, 2.05) is 24.4 Å². The van der Waals surface area contributed by atoms with Crippen LogP contribution in [0, 0.1) is 0 Å². The van der Waals surface area contributed by atoms with Gasteiger partial charge in [-0.05, 0) is 28.8 Å². The first-order valence-electron chi connectivity index (χ1n) is 12.1. The number of benzene rings is 4. The Kier molecular flexibility index (Phi) is 5.76. The van der Waals surface area contributed by atoms with Crippen LogP contribution in [0.4, 0.5) is 5.95 Å². The Balaban J connectivity index is 1.49. The van der Waals surface area contributed by atoms with Gasteiger partial charge >= 0.3 is 0 Å². The Morgan fingerprint density at radius 1 is 0.611 bits per heavy atom. The third-order valence-corrected chi connectivity index (χ3v) is 6.66. The van der Waals surface area contributed by atoms with Crippen LogP contribution in [0.15, 0.2) is 140 Å². The molecule has 174 valence electrons. The number of rotatable bonds is 7. The molecule has 4 heteroatoms. The molecular formula is C32H26N4. The van der Waals surface area contributed by atoms with Crippen molar-refractivity contribution in [3.8, 4) is 0 Å². The van der Waals surface area contributed by atoms with E-state index in [4.69, 9.17) is 9.97 Å². The first kappa shape index (κ1) is 21.8. The van der Waals surface area contributed by atoms with Gasteiger partial charge < -0.3 is 5.32 Å². The molecule has 0 amide bonds. The first-order valence-corrected chi connectivity index (χ1v) is 12.1. The van der Waals surface area contributed by atoms with Crippen LogP contribution in [-0.2, 0) is 12.1 Å². The van der Waals surface area contributed by atoms with Gasteiger partial charge in [0.2, 0.25) is 5.95 Å². The van der Waals surface area contributed by atoms with Crippen molar-refractivity contribution in [3.05, 3.63) is 162 Å². The monoisotopic (exact) mass is 466 g/mol. The molecule has 0 atom stereocenters. The number of para-hydroxylation sites is 1. The van der Waals surface area contributed by atoms with E-state index in [9.17, 15) is 0 Å². The number of nitrogens with zero attached hydrogens (tertiary/aromatic N) is 3. The number of pyridine rings is 1. The molecule has 6 rings (SSSR count). The van der Waals surface area contributed by atoms with Gasteiger partial charge in [0.15, 0.2) is 0 Å². The summed E-state index contributed by atoms with van der Waals surface area (Å²) in [6.45, 7) is 0.566. The van der Waals surface area contributed by atoms with Gasteiger partial charge in [0, 0.05) is 17.8 Å². The van der Waals surface area contributed by atoms with E-state index < -0.39 is 5.54 Å². The van der Waals surface area contributed by atoms with Crippen LogP contribution in [0.5, 0.6) is 0 Å². The lowest BCUT2D eigenvalue weighted by molar-refractivity contribution is 0.519. The molecule has 0 fully saturated rings. The number of imidazole rings is 1. The summed E-state index contributed by atoms with van der Waals surface area (Å²) in [7, 11) is 0. The van der Waals surface area contributed by atoms with Gasteiger partial charge in [0.1, 0.15) is 5.54 Å². The van der Waals surface area contributed by atoms with Gasteiger partial charge in [0.05, 0.1) is 17.8 Å². The van der Waals surface area contributed by atoms with E-state index in [0.717, 1.165) is 39.2 Å². The Morgan fingerprint density at radius 2 is 1.17 bits per heavy atom. The van der Waals surface area contributed by atoms with Crippen molar-refractivity contribution in [3.63, 3.8) is 0 Å². The molecule has 4 nitrogen and oxygen atoms in total. The normalized spacial score (nSPS) is 11.4. The van der Waals surface area contributed by atoms with Crippen molar-refractivity contribution in [2.75, 3.05) is 5.32 Å². The van der Waals surface area contributed by atoms with Gasteiger partial charge in [-0.3, -0.25) is 9.55 Å². The maximum absolute atomic E-state index is 4.84. The van der Waals surface area contributed by atoms with Crippen LogP contribution < -0.4 is 5.32 Å². The zero-order valence-electron chi connectivity index (χ0n) is 19.8. The average molecular weight is 467 g/mol. The van der Waals surface area contributed by atoms with E-state index in [1.54, 1.807) is 0 Å². The van der Waals surface area contributed by atoms with Crippen LogP contribution in [0.25, 0.3) is 10.9 Å². The second-order valence-corrected chi connectivity index (χ2v) is 8.78. The lowest BCUT2D eigenvalue weighted by Gasteiger charge is -2.38. The molecule has 0 aliphatic carbocycles.